The Morgan fingerprint density at radius 1 is 0.850 bits per heavy atom. The summed E-state index contributed by atoms with van der Waals surface area (Å²) in [4.78, 5) is 33.4. The third-order valence-corrected chi connectivity index (χ3v) is 7.77. The first kappa shape index (κ1) is 25.5. The molecular formula is C35H31N3O2. The molecule has 0 radical (unpaired) electrons. The van der Waals surface area contributed by atoms with Crippen LogP contribution >= 0.6 is 0 Å². The van der Waals surface area contributed by atoms with Crippen molar-refractivity contribution in [3.8, 4) is 11.3 Å². The standard InChI is InChI=1S/C35H31N3O2/c1-22-7-6-8-28(17-22)35(40)38-16-15-27-19-25(12-14-33(27)38)21-36-34(39)30-20-32(26-13-11-23(2)24(3)18-26)37-31-10-5-4-9-29(30)31/h4-14,17-20H,15-16,21H2,1-3H3,(H,36,39). The van der Waals surface area contributed by atoms with E-state index in [1.165, 1.54) is 11.1 Å². The molecule has 0 saturated carbocycles. The lowest BCUT2D eigenvalue weighted by Gasteiger charge is -2.18. The molecule has 1 aromatic heterocycles. The van der Waals surface area contributed by atoms with Gasteiger partial charge in [-0.2, -0.15) is 0 Å². The summed E-state index contributed by atoms with van der Waals surface area (Å²) in [7, 11) is 0. The van der Waals surface area contributed by atoms with Crippen LogP contribution in [0.3, 0.4) is 0 Å². The first-order valence-electron chi connectivity index (χ1n) is 13.6. The van der Waals surface area contributed by atoms with Gasteiger partial charge in [-0.05, 0) is 85.8 Å². The highest BCUT2D eigenvalue weighted by Gasteiger charge is 2.26. The van der Waals surface area contributed by atoms with Crippen LogP contribution in [0.25, 0.3) is 22.2 Å². The van der Waals surface area contributed by atoms with Crippen molar-refractivity contribution in [2.75, 3.05) is 11.4 Å². The summed E-state index contributed by atoms with van der Waals surface area (Å²) in [6.07, 6.45) is 0.795. The minimum atomic E-state index is -0.138. The molecule has 198 valence electrons. The van der Waals surface area contributed by atoms with Crippen LogP contribution in [0.15, 0.2) is 91.0 Å². The number of amides is 2. The van der Waals surface area contributed by atoms with Gasteiger partial charge in [-0.1, -0.05) is 60.2 Å². The third-order valence-electron chi connectivity index (χ3n) is 7.77. The van der Waals surface area contributed by atoms with E-state index in [2.05, 4.69) is 43.4 Å². The molecule has 2 heterocycles. The highest BCUT2D eigenvalue weighted by atomic mass is 16.2. The van der Waals surface area contributed by atoms with Gasteiger partial charge in [0.25, 0.3) is 11.8 Å². The number of aryl methyl sites for hydroxylation is 3. The monoisotopic (exact) mass is 525 g/mol. The maximum Gasteiger partial charge on any atom is 0.258 e. The second kappa shape index (κ2) is 10.4. The second-order valence-corrected chi connectivity index (χ2v) is 10.6. The van der Waals surface area contributed by atoms with Crippen LogP contribution in [0.2, 0.25) is 0 Å². The summed E-state index contributed by atoms with van der Waals surface area (Å²) in [5.41, 5.74) is 10.4. The lowest BCUT2D eigenvalue weighted by Crippen LogP contribution is -2.28. The fraction of sp³-hybridized carbons (Fsp3) is 0.171. The SMILES string of the molecule is Cc1cccc(C(=O)N2CCc3cc(CNC(=O)c4cc(-c5ccc(C)c(C)c5)nc5ccccc45)ccc32)c1. The van der Waals surface area contributed by atoms with Crippen LogP contribution in [0.1, 0.15) is 48.5 Å². The molecule has 5 nitrogen and oxygen atoms in total. The van der Waals surface area contributed by atoms with Crippen LogP contribution < -0.4 is 10.2 Å². The molecule has 1 aliphatic heterocycles. The van der Waals surface area contributed by atoms with Gasteiger partial charge in [0.15, 0.2) is 0 Å². The maximum atomic E-state index is 13.5. The zero-order valence-electron chi connectivity index (χ0n) is 23.0. The summed E-state index contributed by atoms with van der Waals surface area (Å²) in [5, 5.41) is 3.94. The third kappa shape index (κ3) is 4.87. The first-order valence-corrected chi connectivity index (χ1v) is 13.6. The number of aromatic nitrogens is 1. The molecule has 5 aromatic rings. The number of rotatable bonds is 5. The molecule has 0 saturated heterocycles. The topological polar surface area (TPSA) is 62.3 Å². The number of pyridine rings is 1. The quantitative estimate of drug-likeness (QED) is 0.270. The molecule has 5 heteroatoms. The van der Waals surface area contributed by atoms with Crippen molar-refractivity contribution < 1.29 is 9.59 Å². The van der Waals surface area contributed by atoms with Gasteiger partial charge in [-0.25, -0.2) is 4.98 Å². The largest absolute Gasteiger partial charge is 0.348 e. The summed E-state index contributed by atoms with van der Waals surface area (Å²) in [5.74, 6) is -0.118. The predicted octanol–water partition coefficient (Wildman–Crippen LogP) is 6.96. The minimum absolute atomic E-state index is 0.0210. The molecule has 40 heavy (non-hydrogen) atoms. The normalized spacial score (nSPS) is 12.4. The lowest BCUT2D eigenvalue weighted by atomic mass is 10.0. The van der Waals surface area contributed by atoms with Crippen LogP contribution in [0.5, 0.6) is 0 Å². The molecule has 1 N–H and O–H groups in total. The Hall–Kier alpha value is -4.77. The van der Waals surface area contributed by atoms with Crippen molar-refractivity contribution in [2.24, 2.45) is 0 Å². The summed E-state index contributed by atoms with van der Waals surface area (Å²) in [6.45, 7) is 7.22. The zero-order chi connectivity index (χ0) is 27.8. The van der Waals surface area contributed by atoms with E-state index in [4.69, 9.17) is 4.98 Å². The number of anilines is 1. The van der Waals surface area contributed by atoms with E-state index in [0.29, 0.717) is 24.2 Å². The average molecular weight is 526 g/mol. The molecule has 0 atom stereocenters. The molecule has 0 unspecified atom stereocenters. The fourth-order valence-corrected chi connectivity index (χ4v) is 5.40. The highest BCUT2D eigenvalue weighted by Crippen LogP contribution is 2.31. The van der Waals surface area contributed by atoms with Crippen LogP contribution in [-0.2, 0) is 13.0 Å². The molecular weight excluding hydrogens is 494 g/mol. The van der Waals surface area contributed by atoms with Crippen molar-refractivity contribution in [3.05, 3.63) is 130 Å². The Balaban J connectivity index is 1.23. The number of nitrogens with zero attached hydrogens (tertiary/aromatic N) is 2. The number of nitrogens with one attached hydrogen (secondary N) is 1. The molecule has 2 amide bonds. The Kier molecular flexibility index (Phi) is 6.64. The lowest BCUT2D eigenvalue weighted by molar-refractivity contribution is 0.0951. The van der Waals surface area contributed by atoms with Gasteiger partial charge in [0.2, 0.25) is 0 Å². The number of para-hydroxylation sites is 1. The number of carbonyl (C=O) groups excluding carboxylic acids is 2. The number of carbonyl (C=O) groups is 2. The maximum absolute atomic E-state index is 13.5. The second-order valence-electron chi connectivity index (χ2n) is 10.6. The predicted molar refractivity (Wildman–Crippen MR) is 161 cm³/mol. The van der Waals surface area contributed by atoms with E-state index in [1.807, 2.05) is 78.6 Å². The number of fused-ring (bicyclic) bond motifs is 2. The van der Waals surface area contributed by atoms with Crippen molar-refractivity contribution in [1.29, 1.82) is 0 Å². The van der Waals surface area contributed by atoms with Gasteiger partial charge in [0.1, 0.15) is 0 Å². The molecule has 0 aliphatic carbocycles. The number of hydrogen-bond donors (Lipinski definition) is 1. The van der Waals surface area contributed by atoms with Gasteiger partial charge in [-0.3, -0.25) is 9.59 Å². The van der Waals surface area contributed by atoms with Gasteiger partial charge >= 0.3 is 0 Å². The minimum Gasteiger partial charge on any atom is -0.348 e. The van der Waals surface area contributed by atoms with E-state index in [9.17, 15) is 9.59 Å². The molecule has 1 aliphatic rings. The molecule has 0 fully saturated rings. The van der Waals surface area contributed by atoms with E-state index < -0.39 is 0 Å². The number of benzene rings is 4. The van der Waals surface area contributed by atoms with Crippen LogP contribution in [0, 0.1) is 20.8 Å². The summed E-state index contributed by atoms with van der Waals surface area (Å²) in [6, 6.07) is 29.7. The van der Waals surface area contributed by atoms with Crippen molar-refractivity contribution in [3.63, 3.8) is 0 Å². The Labute approximate surface area is 234 Å². The van der Waals surface area contributed by atoms with E-state index in [1.54, 1.807) is 0 Å². The van der Waals surface area contributed by atoms with Gasteiger partial charge < -0.3 is 10.2 Å². The van der Waals surface area contributed by atoms with Gasteiger partial charge in [0.05, 0.1) is 16.8 Å². The Bertz CT molecular complexity index is 1790. The highest BCUT2D eigenvalue weighted by molar-refractivity contribution is 6.08. The number of hydrogen-bond acceptors (Lipinski definition) is 3. The fourth-order valence-electron chi connectivity index (χ4n) is 5.40. The van der Waals surface area contributed by atoms with Crippen LogP contribution in [-0.4, -0.2) is 23.3 Å². The van der Waals surface area contributed by atoms with Crippen molar-refractivity contribution >= 4 is 28.4 Å². The van der Waals surface area contributed by atoms with Crippen molar-refractivity contribution in [1.82, 2.24) is 10.3 Å². The van der Waals surface area contributed by atoms with Gasteiger partial charge in [0, 0.05) is 35.3 Å². The van der Waals surface area contributed by atoms with E-state index in [0.717, 1.165) is 51.0 Å². The summed E-state index contributed by atoms with van der Waals surface area (Å²) >= 11 is 0. The molecule has 6 rings (SSSR count). The molecule has 4 aromatic carbocycles. The zero-order valence-corrected chi connectivity index (χ0v) is 23.0. The smallest absolute Gasteiger partial charge is 0.258 e. The Morgan fingerprint density at radius 3 is 2.52 bits per heavy atom. The van der Waals surface area contributed by atoms with Gasteiger partial charge in [-0.15, -0.1) is 0 Å². The first-order chi connectivity index (χ1) is 19.4. The Morgan fingerprint density at radius 2 is 1.70 bits per heavy atom. The van der Waals surface area contributed by atoms with E-state index >= 15 is 0 Å². The molecule has 0 bridgehead atoms. The van der Waals surface area contributed by atoms with Crippen molar-refractivity contribution in [2.45, 2.75) is 33.7 Å². The average Bonchev–Trinajstić information content (AvgIpc) is 3.39. The van der Waals surface area contributed by atoms with Crippen LogP contribution in [0.4, 0.5) is 5.69 Å². The van der Waals surface area contributed by atoms with E-state index in [-0.39, 0.29) is 11.8 Å². The molecule has 0 spiro atoms. The summed E-state index contributed by atoms with van der Waals surface area (Å²) < 4.78 is 0.